The molecule has 29 heavy (non-hydrogen) atoms. The molecule has 152 valence electrons. The Morgan fingerprint density at radius 1 is 0.897 bits per heavy atom. The summed E-state index contributed by atoms with van der Waals surface area (Å²) < 4.78 is 14.6. The summed E-state index contributed by atoms with van der Waals surface area (Å²) in [5.74, 6) is 0.464. The highest BCUT2D eigenvalue weighted by Gasteiger charge is 2.15. The molecule has 0 aliphatic carbocycles. The van der Waals surface area contributed by atoms with E-state index in [4.69, 9.17) is 9.47 Å². The lowest BCUT2D eigenvalue weighted by molar-refractivity contribution is 0.0597. The van der Waals surface area contributed by atoms with Crippen LogP contribution in [0.25, 0.3) is 10.8 Å². The summed E-state index contributed by atoms with van der Waals surface area (Å²) >= 11 is 0. The van der Waals surface area contributed by atoms with Gasteiger partial charge in [0.05, 0.1) is 38.0 Å². The maximum absolute atomic E-state index is 11.4. The lowest BCUT2D eigenvalue weighted by Crippen LogP contribution is -2.09. The molecule has 0 aliphatic heterocycles. The van der Waals surface area contributed by atoms with Gasteiger partial charge in [0.25, 0.3) is 5.56 Å². The van der Waals surface area contributed by atoms with Gasteiger partial charge < -0.3 is 14.2 Å². The molecule has 8 nitrogen and oxygen atoms in total. The first kappa shape index (κ1) is 21.6. The van der Waals surface area contributed by atoms with Crippen LogP contribution in [0.1, 0.15) is 33.3 Å². The van der Waals surface area contributed by atoms with Crippen LogP contribution in [-0.2, 0) is 4.74 Å². The maximum atomic E-state index is 11.4. The van der Waals surface area contributed by atoms with Crippen molar-refractivity contribution in [2.24, 2.45) is 0 Å². The number of aromatic nitrogens is 2. The zero-order chi connectivity index (χ0) is 21.6. The smallest absolute Gasteiger partial charge is 0.338 e. The number of Topliss-reactive ketones (excluding diaryl/α,β-unsaturated/α-hetero) is 1. The van der Waals surface area contributed by atoms with Crippen LogP contribution in [0.5, 0.6) is 11.5 Å². The molecule has 0 saturated carbocycles. The van der Waals surface area contributed by atoms with Gasteiger partial charge in [-0.15, -0.1) is 0 Å². The van der Waals surface area contributed by atoms with Crippen LogP contribution < -0.4 is 15.0 Å². The minimum atomic E-state index is -0.542. The van der Waals surface area contributed by atoms with Crippen molar-refractivity contribution in [1.82, 2.24) is 10.2 Å². The van der Waals surface area contributed by atoms with Crippen molar-refractivity contribution in [3.05, 3.63) is 63.6 Å². The van der Waals surface area contributed by atoms with E-state index < -0.39 is 5.97 Å². The highest BCUT2D eigenvalue weighted by Crippen LogP contribution is 2.19. The number of ketones is 1. The number of benzene rings is 2. The first-order valence-electron chi connectivity index (χ1n) is 8.62. The fraction of sp³-hybridized carbons (Fsp3) is 0.238. The molecule has 8 heteroatoms. The number of H-pyrrole nitrogens is 1. The standard InChI is InChI=1S/C11H12O4.C10H10N2O2/c1-7(12)9-5-4-8(14-2)6-10(9)11(13)15-3;1-6-8-4-3-7(14-2)5-9(8)10(13)12-11-6/h4-6H,1-3H3;3-5H,1-2H3,(H,12,13). The van der Waals surface area contributed by atoms with Gasteiger partial charge in [0.15, 0.2) is 5.78 Å². The second-order valence-corrected chi connectivity index (χ2v) is 6.01. The molecule has 0 amide bonds. The second kappa shape index (κ2) is 9.50. The predicted molar refractivity (Wildman–Crippen MR) is 108 cm³/mol. The van der Waals surface area contributed by atoms with Crippen LogP contribution in [0.2, 0.25) is 0 Å². The number of ether oxygens (including phenoxy) is 3. The summed E-state index contributed by atoms with van der Waals surface area (Å²) in [7, 11) is 4.33. The van der Waals surface area contributed by atoms with E-state index in [1.807, 2.05) is 19.1 Å². The third-order valence-electron chi connectivity index (χ3n) is 4.20. The Balaban J connectivity index is 0.000000207. The van der Waals surface area contributed by atoms with Gasteiger partial charge in [-0.1, -0.05) is 0 Å². The fourth-order valence-corrected chi connectivity index (χ4v) is 2.64. The summed E-state index contributed by atoms with van der Waals surface area (Å²) in [6, 6.07) is 10.0. The average molecular weight is 398 g/mol. The van der Waals surface area contributed by atoms with Crippen LogP contribution >= 0.6 is 0 Å². The van der Waals surface area contributed by atoms with Crippen LogP contribution in [-0.4, -0.2) is 43.3 Å². The van der Waals surface area contributed by atoms with Crippen LogP contribution in [0, 0.1) is 6.92 Å². The Kier molecular flexibility index (Phi) is 7.08. The fourth-order valence-electron chi connectivity index (χ4n) is 2.64. The van der Waals surface area contributed by atoms with Crippen molar-refractivity contribution in [3.8, 4) is 11.5 Å². The number of nitrogens with zero attached hydrogens (tertiary/aromatic N) is 1. The molecule has 1 aromatic heterocycles. The number of aryl methyl sites for hydroxylation is 1. The van der Waals surface area contributed by atoms with E-state index >= 15 is 0 Å². The topological polar surface area (TPSA) is 108 Å². The number of rotatable bonds is 4. The van der Waals surface area contributed by atoms with E-state index in [1.165, 1.54) is 27.2 Å². The van der Waals surface area contributed by atoms with Crippen LogP contribution in [0.3, 0.4) is 0 Å². The van der Waals surface area contributed by atoms with E-state index in [-0.39, 0.29) is 16.9 Å². The zero-order valence-corrected chi connectivity index (χ0v) is 16.9. The lowest BCUT2D eigenvalue weighted by atomic mass is 10.0. The third kappa shape index (κ3) is 4.98. The van der Waals surface area contributed by atoms with Gasteiger partial charge in [-0.3, -0.25) is 9.59 Å². The highest BCUT2D eigenvalue weighted by molar-refractivity contribution is 6.05. The van der Waals surface area contributed by atoms with Gasteiger partial charge in [0.2, 0.25) is 0 Å². The van der Waals surface area contributed by atoms with Crippen LogP contribution in [0.15, 0.2) is 41.2 Å². The number of aromatic amines is 1. The normalized spacial score (nSPS) is 9.97. The largest absolute Gasteiger partial charge is 0.497 e. The van der Waals surface area contributed by atoms with Crippen molar-refractivity contribution in [3.63, 3.8) is 0 Å². The van der Waals surface area contributed by atoms with E-state index in [0.29, 0.717) is 22.4 Å². The Bertz CT molecular complexity index is 1100. The monoisotopic (exact) mass is 398 g/mol. The molecule has 0 bridgehead atoms. The van der Waals surface area contributed by atoms with Crippen molar-refractivity contribution in [2.45, 2.75) is 13.8 Å². The number of esters is 1. The molecular weight excluding hydrogens is 376 g/mol. The molecule has 2 aromatic carbocycles. The predicted octanol–water partition coefficient (Wildman–Crippen LogP) is 2.92. The zero-order valence-electron chi connectivity index (χ0n) is 16.9. The number of carbonyl (C=O) groups excluding carboxylic acids is 2. The molecule has 0 fully saturated rings. The number of hydrogen-bond donors (Lipinski definition) is 1. The van der Waals surface area contributed by atoms with E-state index in [1.54, 1.807) is 25.3 Å². The van der Waals surface area contributed by atoms with Crippen molar-refractivity contribution in [1.29, 1.82) is 0 Å². The Hall–Kier alpha value is -3.68. The molecule has 0 aliphatic rings. The molecule has 0 atom stereocenters. The molecule has 3 aromatic rings. The Morgan fingerprint density at radius 3 is 2.10 bits per heavy atom. The Morgan fingerprint density at radius 2 is 1.52 bits per heavy atom. The van der Waals surface area contributed by atoms with Gasteiger partial charge in [0.1, 0.15) is 11.5 Å². The first-order valence-corrected chi connectivity index (χ1v) is 8.62. The van der Waals surface area contributed by atoms with Crippen LogP contribution in [0.4, 0.5) is 0 Å². The average Bonchev–Trinajstić information content (AvgIpc) is 2.75. The number of methoxy groups -OCH3 is 3. The molecule has 3 rings (SSSR count). The van der Waals surface area contributed by atoms with Gasteiger partial charge in [-0.25, -0.2) is 9.89 Å². The molecule has 1 heterocycles. The van der Waals surface area contributed by atoms with E-state index in [9.17, 15) is 14.4 Å². The minimum Gasteiger partial charge on any atom is -0.497 e. The summed E-state index contributed by atoms with van der Waals surface area (Å²) in [6.07, 6.45) is 0. The van der Waals surface area contributed by atoms with Crippen molar-refractivity contribution < 1.29 is 23.8 Å². The molecular formula is C21H22N2O6. The highest BCUT2D eigenvalue weighted by atomic mass is 16.5. The van der Waals surface area contributed by atoms with Crippen molar-refractivity contribution >= 4 is 22.5 Å². The number of carbonyl (C=O) groups is 2. The molecule has 0 unspecified atom stereocenters. The van der Waals surface area contributed by atoms with Gasteiger partial charge in [-0.05, 0) is 50.2 Å². The minimum absolute atomic E-state index is 0.182. The first-order chi connectivity index (χ1) is 13.8. The molecule has 0 saturated heterocycles. The van der Waals surface area contributed by atoms with Crippen molar-refractivity contribution in [2.75, 3.05) is 21.3 Å². The Labute approximate surface area is 167 Å². The number of hydrogen-bond acceptors (Lipinski definition) is 7. The maximum Gasteiger partial charge on any atom is 0.338 e. The quantitative estimate of drug-likeness (QED) is 0.532. The summed E-state index contributed by atoms with van der Waals surface area (Å²) in [4.78, 5) is 34.0. The van der Waals surface area contributed by atoms with Gasteiger partial charge in [-0.2, -0.15) is 5.10 Å². The SMILES string of the molecule is COC(=O)c1cc(OC)ccc1C(C)=O.COc1ccc2c(C)n[nH]c(=O)c2c1. The van der Waals surface area contributed by atoms with E-state index in [2.05, 4.69) is 14.9 Å². The molecule has 1 N–H and O–H groups in total. The number of fused-ring (bicyclic) bond motifs is 1. The summed E-state index contributed by atoms with van der Waals surface area (Å²) in [6.45, 7) is 3.25. The third-order valence-corrected chi connectivity index (χ3v) is 4.20. The lowest BCUT2D eigenvalue weighted by Gasteiger charge is -2.07. The summed E-state index contributed by atoms with van der Waals surface area (Å²) in [5.41, 5.74) is 1.18. The summed E-state index contributed by atoms with van der Waals surface area (Å²) in [5, 5.41) is 7.78. The molecule has 0 radical (unpaired) electrons. The number of nitrogens with one attached hydrogen (secondary N) is 1. The molecule has 0 spiro atoms. The van der Waals surface area contributed by atoms with E-state index in [0.717, 1.165) is 11.1 Å². The van der Waals surface area contributed by atoms with Gasteiger partial charge >= 0.3 is 5.97 Å². The second-order valence-electron chi connectivity index (χ2n) is 6.01. The van der Waals surface area contributed by atoms with Gasteiger partial charge in [0, 0.05) is 10.9 Å².